The molecule has 0 amide bonds. The van der Waals surface area contributed by atoms with Crippen molar-refractivity contribution in [1.82, 2.24) is 14.7 Å². The van der Waals surface area contributed by atoms with Gasteiger partial charge in [0, 0.05) is 5.56 Å². The first-order valence-electron chi connectivity index (χ1n) is 7.80. The van der Waals surface area contributed by atoms with Crippen LogP contribution < -0.4 is 0 Å². The number of Topliss-reactive ketones (excluding diaryl/α,β-unsaturated/α-hetero) is 1. The molecule has 5 rings (SSSR count). The second-order valence-corrected chi connectivity index (χ2v) is 6.84. The van der Waals surface area contributed by atoms with Gasteiger partial charge in [-0.15, -0.1) is 0 Å². The molecule has 4 bridgehead atoms. The molecule has 0 unspecified atom stereocenters. The standard InChI is InChI=1S/C16H23N4O/c1-2-14-4-3-5-15(6-14)16(21)7-20-11-17-8-18(12-20)10-19(9-17)13-20/h3-6H,2,7-13H2,1H3/q+1. The minimum Gasteiger partial charge on any atom is -0.288 e. The van der Waals surface area contributed by atoms with Crippen molar-refractivity contribution in [2.75, 3.05) is 46.6 Å². The Balaban J connectivity index is 1.54. The van der Waals surface area contributed by atoms with Crippen molar-refractivity contribution in [1.29, 1.82) is 0 Å². The largest absolute Gasteiger partial charge is 0.288 e. The molecule has 21 heavy (non-hydrogen) atoms. The van der Waals surface area contributed by atoms with Crippen molar-refractivity contribution in [2.45, 2.75) is 13.3 Å². The number of nitrogens with zero attached hydrogens (tertiary/aromatic N) is 4. The summed E-state index contributed by atoms with van der Waals surface area (Å²) in [5, 5.41) is 0. The van der Waals surface area contributed by atoms with Crippen molar-refractivity contribution in [3.8, 4) is 0 Å². The molecule has 5 heteroatoms. The van der Waals surface area contributed by atoms with E-state index in [-0.39, 0.29) is 5.78 Å². The number of rotatable bonds is 4. The Morgan fingerprint density at radius 1 is 1.10 bits per heavy atom. The van der Waals surface area contributed by atoms with E-state index in [2.05, 4.69) is 33.8 Å². The highest BCUT2D eigenvalue weighted by Crippen LogP contribution is 2.28. The molecule has 0 saturated carbocycles. The van der Waals surface area contributed by atoms with Crippen molar-refractivity contribution in [3.63, 3.8) is 0 Å². The Bertz CT molecular complexity index is 536. The fourth-order valence-electron chi connectivity index (χ4n) is 4.17. The van der Waals surface area contributed by atoms with Crippen molar-refractivity contribution >= 4 is 5.78 Å². The minimum atomic E-state index is 0.288. The van der Waals surface area contributed by atoms with Gasteiger partial charge in [-0.05, 0) is 18.1 Å². The van der Waals surface area contributed by atoms with Gasteiger partial charge < -0.3 is 0 Å². The smallest absolute Gasteiger partial charge is 0.217 e. The first-order valence-corrected chi connectivity index (χ1v) is 7.80. The predicted octanol–water partition coefficient (Wildman–Crippen LogP) is 0.940. The summed E-state index contributed by atoms with van der Waals surface area (Å²) in [6, 6.07) is 8.13. The Morgan fingerprint density at radius 3 is 2.29 bits per heavy atom. The van der Waals surface area contributed by atoms with Crippen LogP contribution in [0.5, 0.6) is 0 Å². The molecule has 1 aromatic carbocycles. The molecule has 5 nitrogen and oxygen atoms in total. The first-order chi connectivity index (χ1) is 10.2. The van der Waals surface area contributed by atoms with Gasteiger partial charge >= 0.3 is 0 Å². The van der Waals surface area contributed by atoms with Crippen LogP contribution >= 0.6 is 0 Å². The quantitative estimate of drug-likeness (QED) is 0.608. The molecular weight excluding hydrogens is 264 g/mol. The number of hydrogen-bond donors (Lipinski definition) is 0. The number of aryl methyl sites for hydroxylation is 1. The van der Waals surface area contributed by atoms with Crippen LogP contribution in [0.25, 0.3) is 0 Å². The zero-order valence-electron chi connectivity index (χ0n) is 12.7. The van der Waals surface area contributed by atoms with Crippen molar-refractivity contribution in [3.05, 3.63) is 35.4 Å². The molecule has 4 heterocycles. The van der Waals surface area contributed by atoms with Gasteiger partial charge in [0.15, 0.2) is 0 Å². The Morgan fingerprint density at radius 2 is 1.71 bits per heavy atom. The number of quaternary nitrogens is 1. The summed E-state index contributed by atoms with van der Waals surface area (Å²) in [6.45, 7) is 9.01. The van der Waals surface area contributed by atoms with Gasteiger partial charge in [0.2, 0.25) is 5.78 Å². The number of carbonyl (C=O) groups excluding carboxylic acids is 1. The molecular formula is C16H23N4O+. The molecule has 0 aromatic heterocycles. The van der Waals surface area contributed by atoms with Crippen molar-refractivity contribution < 1.29 is 9.28 Å². The zero-order valence-corrected chi connectivity index (χ0v) is 12.7. The van der Waals surface area contributed by atoms with Gasteiger partial charge in [0.05, 0.1) is 20.0 Å². The van der Waals surface area contributed by atoms with Gasteiger partial charge in [-0.25, -0.2) is 14.7 Å². The third-order valence-electron chi connectivity index (χ3n) is 4.84. The minimum absolute atomic E-state index is 0.288. The van der Waals surface area contributed by atoms with E-state index in [1.807, 2.05) is 12.1 Å². The average molecular weight is 287 g/mol. The molecule has 1 aromatic rings. The predicted molar refractivity (Wildman–Crippen MR) is 80.0 cm³/mol. The fraction of sp³-hybridized carbons (Fsp3) is 0.562. The molecule has 4 saturated heterocycles. The number of benzene rings is 1. The number of carbonyl (C=O) groups is 1. The highest BCUT2D eigenvalue weighted by molar-refractivity contribution is 5.97. The van der Waals surface area contributed by atoms with Crippen LogP contribution in [0.1, 0.15) is 22.8 Å². The summed E-state index contributed by atoms with van der Waals surface area (Å²) in [4.78, 5) is 20.1. The zero-order chi connectivity index (χ0) is 14.4. The molecule has 4 aliphatic heterocycles. The van der Waals surface area contributed by atoms with Gasteiger partial charge in [-0.2, -0.15) is 0 Å². The summed E-state index contributed by atoms with van der Waals surface area (Å²) in [6.07, 6.45) is 0.983. The lowest BCUT2D eigenvalue weighted by molar-refractivity contribution is -0.973. The lowest BCUT2D eigenvalue weighted by Gasteiger charge is -2.60. The van der Waals surface area contributed by atoms with E-state index in [1.54, 1.807) is 0 Å². The van der Waals surface area contributed by atoms with Gasteiger partial charge in [-0.1, -0.05) is 25.1 Å². The summed E-state index contributed by atoms with van der Waals surface area (Å²) >= 11 is 0. The van der Waals surface area contributed by atoms with Crippen LogP contribution in [0.4, 0.5) is 0 Å². The lowest BCUT2D eigenvalue weighted by Crippen LogP contribution is -2.79. The maximum atomic E-state index is 12.7. The van der Waals surface area contributed by atoms with Crippen molar-refractivity contribution in [2.24, 2.45) is 0 Å². The van der Waals surface area contributed by atoms with E-state index < -0.39 is 0 Å². The average Bonchev–Trinajstić information content (AvgIpc) is 2.45. The van der Waals surface area contributed by atoms with Crippen LogP contribution in [0.3, 0.4) is 0 Å². The van der Waals surface area contributed by atoms with E-state index in [1.165, 1.54) is 5.56 Å². The normalized spacial score (nSPS) is 36.9. The molecule has 0 N–H and O–H groups in total. The van der Waals surface area contributed by atoms with E-state index >= 15 is 0 Å². The monoisotopic (exact) mass is 287 g/mol. The highest BCUT2D eigenvalue weighted by Gasteiger charge is 2.49. The highest BCUT2D eigenvalue weighted by atomic mass is 16.1. The maximum Gasteiger partial charge on any atom is 0.217 e. The second kappa shape index (κ2) is 4.88. The third kappa shape index (κ3) is 2.40. The van der Waals surface area contributed by atoms with Crippen LogP contribution in [0.2, 0.25) is 0 Å². The second-order valence-electron chi connectivity index (χ2n) is 6.84. The fourth-order valence-corrected chi connectivity index (χ4v) is 4.17. The topological polar surface area (TPSA) is 26.8 Å². The maximum absolute atomic E-state index is 12.7. The Labute approximate surface area is 125 Å². The molecule has 4 fully saturated rings. The summed E-state index contributed by atoms with van der Waals surface area (Å²) in [7, 11) is 0. The van der Waals surface area contributed by atoms with Gasteiger partial charge in [0.1, 0.15) is 26.6 Å². The van der Waals surface area contributed by atoms with Gasteiger partial charge in [-0.3, -0.25) is 9.28 Å². The molecule has 0 spiro atoms. The molecule has 4 aliphatic rings. The van der Waals surface area contributed by atoms with E-state index in [9.17, 15) is 4.79 Å². The van der Waals surface area contributed by atoms with Crippen LogP contribution in [0.15, 0.2) is 24.3 Å². The molecule has 0 aliphatic carbocycles. The molecule has 112 valence electrons. The van der Waals surface area contributed by atoms with Crippen LogP contribution in [-0.2, 0) is 6.42 Å². The lowest BCUT2D eigenvalue weighted by atomic mass is 10.0. The Hall–Kier alpha value is -1.27. The van der Waals surface area contributed by atoms with E-state index in [0.717, 1.165) is 56.5 Å². The molecule has 0 atom stereocenters. The number of hydrogen-bond acceptors (Lipinski definition) is 4. The molecule has 0 radical (unpaired) electrons. The summed E-state index contributed by atoms with van der Waals surface area (Å²) < 4.78 is 0.884. The van der Waals surface area contributed by atoms with E-state index in [0.29, 0.717) is 6.54 Å². The summed E-state index contributed by atoms with van der Waals surface area (Å²) in [5.74, 6) is 0.288. The van der Waals surface area contributed by atoms with E-state index in [4.69, 9.17) is 0 Å². The SMILES string of the molecule is CCc1cccc(C(=O)C[N+]23CN4CN(CN(C4)C2)C3)c1. The summed E-state index contributed by atoms with van der Waals surface area (Å²) in [5.41, 5.74) is 2.12. The number of ketones is 1. The third-order valence-corrected chi connectivity index (χ3v) is 4.84. The first kappa shape index (κ1) is 13.4. The van der Waals surface area contributed by atoms with Crippen LogP contribution in [0, 0.1) is 0 Å². The van der Waals surface area contributed by atoms with Crippen LogP contribution in [-0.4, -0.2) is 71.5 Å². The van der Waals surface area contributed by atoms with Gasteiger partial charge in [0.25, 0.3) is 0 Å². The Kier molecular flexibility index (Phi) is 3.11.